The van der Waals surface area contributed by atoms with Crippen LogP contribution in [0, 0.1) is 0 Å². The van der Waals surface area contributed by atoms with E-state index < -0.39 is 0 Å². The molecule has 3 N–H and O–H groups in total. The maximum absolute atomic E-state index is 12.6. The fraction of sp³-hybridized carbons (Fsp3) is 0.667. The lowest BCUT2D eigenvalue weighted by atomic mass is 10.0. The van der Waals surface area contributed by atoms with Gasteiger partial charge in [-0.25, -0.2) is 0 Å². The van der Waals surface area contributed by atoms with Gasteiger partial charge in [0, 0.05) is 57.8 Å². The molecule has 1 aromatic heterocycles. The van der Waals surface area contributed by atoms with Gasteiger partial charge in [0.2, 0.25) is 11.8 Å². The molecular formula is C21H32N6O3S. The van der Waals surface area contributed by atoms with Crippen LogP contribution in [0.5, 0.6) is 0 Å². The number of amides is 2. The molecule has 0 spiro atoms. The molecule has 1 aromatic rings. The summed E-state index contributed by atoms with van der Waals surface area (Å²) in [5, 5.41) is 10.1. The van der Waals surface area contributed by atoms with Gasteiger partial charge < -0.3 is 30.2 Å². The summed E-state index contributed by atoms with van der Waals surface area (Å²) in [5.41, 5.74) is 0. The van der Waals surface area contributed by atoms with E-state index >= 15 is 0 Å². The zero-order chi connectivity index (χ0) is 21.8. The predicted molar refractivity (Wildman–Crippen MR) is 120 cm³/mol. The average molecular weight is 449 g/mol. The molecule has 3 aliphatic rings. The minimum absolute atomic E-state index is 0.0698. The first-order chi connectivity index (χ1) is 15.0. The van der Waals surface area contributed by atoms with E-state index in [2.05, 4.69) is 32.8 Å². The molecule has 4 heterocycles. The van der Waals surface area contributed by atoms with Gasteiger partial charge in [0.25, 0.3) is 0 Å². The van der Waals surface area contributed by atoms with E-state index in [0.717, 1.165) is 44.9 Å². The Morgan fingerprint density at radius 3 is 2.87 bits per heavy atom. The van der Waals surface area contributed by atoms with Crippen molar-refractivity contribution in [2.24, 2.45) is 0 Å². The second-order valence-electron chi connectivity index (χ2n) is 8.67. The summed E-state index contributed by atoms with van der Waals surface area (Å²) < 4.78 is 5.31. The van der Waals surface area contributed by atoms with E-state index in [1.807, 2.05) is 17.0 Å². The van der Waals surface area contributed by atoms with Gasteiger partial charge >= 0.3 is 0 Å². The SMILES string of the molecule is CN1CCN(C(=O)CCC2CNC(=O)C3CC(NC(=S)NCc4ccco4)CN23)CC1. The molecule has 31 heavy (non-hydrogen) atoms. The Morgan fingerprint density at radius 2 is 2.13 bits per heavy atom. The highest BCUT2D eigenvalue weighted by atomic mass is 32.1. The number of carbonyl (C=O) groups excluding carboxylic acids is 2. The summed E-state index contributed by atoms with van der Waals surface area (Å²) in [6.07, 6.45) is 3.62. The highest BCUT2D eigenvalue weighted by Crippen LogP contribution is 2.26. The largest absolute Gasteiger partial charge is 0.467 e. The minimum atomic E-state index is -0.164. The van der Waals surface area contributed by atoms with Crippen molar-refractivity contribution in [3.05, 3.63) is 24.2 Å². The van der Waals surface area contributed by atoms with Crippen LogP contribution in [0.4, 0.5) is 0 Å². The quantitative estimate of drug-likeness (QED) is 0.513. The minimum Gasteiger partial charge on any atom is -0.467 e. The number of carbonyl (C=O) groups is 2. The third-order valence-corrected chi connectivity index (χ3v) is 6.77. The normalized spacial score (nSPS) is 26.9. The number of likely N-dealkylation sites (N-methyl/N-ethyl adjacent to an activating group) is 1. The first-order valence-electron chi connectivity index (χ1n) is 11.1. The van der Waals surface area contributed by atoms with Crippen molar-refractivity contribution in [3.8, 4) is 0 Å². The molecule has 3 aliphatic heterocycles. The maximum atomic E-state index is 12.6. The zero-order valence-electron chi connectivity index (χ0n) is 18.0. The van der Waals surface area contributed by atoms with E-state index in [1.165, 1.54) is 0 Å². The van der Waals surface area contributed by atoms with Gasteiger partial charge in [-0.2, -0.15) is 0 Å². The lowest BCUT2D eigenvalue weighted by molar-refractivity contribution is -0.133. The van der Waals surface area contributed by atoms with Crippen LogP contribution in [-0.2, 0) is 16.1 Å². The summed E-state index contributed by atoms with van der Waals surface area (Å²) in [4.78, 5) is 31.5. The third-order valence-electron chi connectivity index (χ3n) is 6.51. The standard InChI is InChI=1S/C21H32N6O3S/c1-25-6-8-26(9-7-25)19(28)5-4-16-12-22-20(29)18-11-15(14-27(16)18)24-21(31)23-13-17-3-2-10-30-17/h2-3,10,15-16,18H,4-9,11-14H2,1H3,(H,22,29)(H2,23,24,31). The number of thiocarbonyl (C=S) groups is 1. The topological polar surface area (TPSA) is 93.1 Å². The molecule has 3 atom stereocenters. The van der Waals surface area contributed by atoms with Crippen molar-refractivity contribution in [1.29, 1.82) is 0 Å². The Bertz CT molecular complexity index is 780. The number of hydrogen-bond acceptors (Lipinski definition) is 6. The summed E-state index contributed by atoms with van der Waals surface area (Å²) in [7, 11) is 2.09. The van der Waals surface area contributed by atoms with Crippen LogP contribution < -0.4 is 16.0 Å². The first kappa shape index (κ1) is 22.0. The Hall–Kier alpha value is -2.17. The number of nitrogens with one attached hydrogen (secondary N) is 3. The number of furan rings is 1. The summed E-state index contributed by atoms with van der Waals surface area (Å²) in [6.45, 7) is 5.33. The van der Waals surface area contributed by atoms with Crippen molar-refractivity contribution >= 4 is 29.1 Å². The van der Waals surface area contributed by atoms with Crippen molar-refractivity contribution in [3.63, 3.8) is 0 Å². The Kier molecular flexibility index (Phi) is 7.09. The van der Waals surface area contributed by atoms with Crippen LogP contribution in [0.2, 0.25) is 0 Å². The van der Waals surface area contributed by atoms with Gasteiger partial charge in [-0.15, -0.1) is 0 Å². The molecule has 2 amide bonds. The highest BCUT2D eigenvalue weighted by Gasteiger charge is 2.43. The van der Waals surface area contributed by atoms with Gasteiger partial charge in [-0.05, 0) is 44.2 Å². The van der Waals surface area contributed by atoms with Crippen molar-refractivity contribution in [2.45, 2.75) is 43.9 Å². The lowest BCUT2D eigenvalue weighted by Gasteiger charge is -2.38. The average Bonchev–Trinajstić information content (AvgIpc) is 3.42. The van der Waals surface area contributed by atoms with Gasteiger partial charge in [-0.1, -0.05) is 0 Å². The van der Waals surface area contributed by atoms with E-state index in [4.69, 9.17) is 16.6 Å². The second-order valence-corrected chi connectivity index (χ2v) is 9.08. The molecular weight excluding hydrogens is 416 g/mol. The predicted octanol–water partition coefficient (Wildman–Crippen LogP) is -0.261. The number of hydrogen-bond donors (Lipinski definition) is 3. The number of piperazine rings is 2. The van der Waals surface area contributed by atoms with Gasteiger partial charge in [-0.3, -0.25) is 14.5 Å². The van der Waals surface area contributed by atoms with Crippen molar-refractivity contribution < 1.29 is 14.0 Å². The van der Waals surface area contributed by atoms with E-state index in [1.54, 1.807) is 6.26 Å². The monoisotopic (exact) mass is 448 g/mol. The van der Waals surface area contributed by atoms with E-state index in [-0.39, 0.29) is 29.9 Å². The molecule has 3 fully saturated rings. The molecule has 9 nitrogen and oxygen atoms in total. The molecule has 0 saturated carbocycles. The number of nitrogens with zero attached hydrogens (tertiary/aromatic N) is 3. The van der Waals surface area contributed by atoms with Gasteiger partial charge in [0.05, 0.1) is 18.8 Å². The lowest BCUT2D eigenvalue weighted by Crippen LogP contribution is -2.58. The third kappa shape index (κ3) is 5.55. The number of rotatable bonds is 6. The Labute approximate surface area is 188 Å². The van der Waals surface area contributed by atoms with Crippen LogP contribution in [0.15, 0.2) is 22.8 Å². The fourth-order valence-corrected chi connectivity index (χ4v) is 4.91. The molecule has 4 rings (SSSR count). The smallest absolute Gasteiger partial charge is 0.237 e. The zero-order valence-corrected chi connectivity index (χ0v) is 18.8. The molecule has 3 unspecified atom stereocenters. The molecule has 0 aliphatic carbocycles. The second kappa shape index (κ2) is 9.97. The van der Waals surface area contributed by atoms with Gasteiger partial charge in [0.1, 0.15) is 5.76 Å². The van der Waals surface area contributed by atoms with Crippen LogP contribution in [0.3, 0.4) is 0 Å². The Balaban J connectivity index is 1.25. The first-order valence-corrected chi connectivity index (χ1v) is 11.5. The van der Waals surface area contributed by atoms with Crippen molar-refractivity contribution in [1.82, 2.24) is 30.7 Å². The van der Waals surface area contributed by atoms with Crippen LogP contribution in [0.1, 0.15) is 25.0 Å². The summed E-state index contributed by atoms with van der Waals surface area (Å²) >= 11 is 5.42. The molecule has 0 radical (unpaired) electrons. The summed E-state index contributed by atoms with van der Waals surface area (Å²) in [6, 6.07) is 3.85. The number of fused-ring (bicyclic) bond motifs is 1. The highest BCUT2D eigenvalue weighted by molar-refractivity contribution is 7.80. The summed E-state index contributed by atoms with van der Waals surface area (Å²) in [5.74, 6) is 1.11. The molecule has 10 heteroatoms. The van der Waals surface area contributed by atoms with Crippen LogP contribution in [-0.4, -0.2) is 96.1 Å². The van der Waals surface area contributed by atoms with Crippen LogP contribution in [0.25, 0.3) is 0 Å². The fourth-order valence-electron chi connectivity index (χ4n) is 4.67. The molecule has 170 valence electrons. The molecule has 0 aromatic carbocycles. The van der Waals surface area contributed by atoms with E-state index in [9.17, 15) is 9.59 Å². The van der Waals surface area contributed by atoms with Crippen LogP contribution >= 0.6 is 12.2 Å². The maximum Gasteiger partial charge on any atom is 0.237 e. The van der Waals surface area contributed by atoms with Gasteiger partial charge in [0.15, 0.2) is 5.11 Å². The van der Waals surface area contributed by atoms with E-state index in [0.29, 0.717) is 31.0 Å². The van der Waals surface area contributed by atoms with Crippen molar-refractivity contribution in [2.75, 3.05) is 46.3 Å². The molecule has 0 bridgehead atoms. The molecule has 3 saturated heterocycles. The Morgan fingerprint density at radius 1 is 1.32 bits per heavy atom.